The van der Waals surface area contributed by atoms with E-state index in [0.717, 1.165) is 0 Å². The molecule has 2 atom stereocenters. The Morgan fingerprint density at radius 2 is 1.04 bits per heavy atom. The molecule has 2 unspecified atom stereocenters. The van der Waals surface area contributed by atoms with Gasteiger partial charge in [0.2, 0.25) is 0 Å². The molecule has 1 nitrogen and oxygen atoms in total. The van der Waals surface area contributed by atoms with Gasteiger partial charge in [-0.2, -0.15) is 0 Å². The minimum atomic E-state index is 0.0982. The normalized spacial score (nSPS) is 20.0. The summed E-state index contributed by atoms with van der Waals surface area (Å²) in [5.41, 5.74) is 12.0. The molecule has 0 saturated heterocycles. The van der Waals surface area contributed by atoms with Crippen LogP contribution in [0.1, 0.15) is 25.8 Å². The van der Waals surface area contributed by atoms with Crippen molar-refractivity contribution in [2.45, 2.75) is 31.2 Å². The second-order valence-corrected chi connectivity index (χ2v) is 13.7. The second-order valence-electron chi connectivity index (χ2n) is 13.7. The van der Waals surface area contributed by atoms with Crippen molar-refractivity contribution >= 4 is 43.7 Å². The first-order chi connectivity index (χ1) is 22.5. The summed E-state index contributed by atoms with van der Waals surface area (Å²) in [5, 5.41) is 7.95. The average molecular weight is 588 g/mol. The third-order valence-electron chi connectivity index (χ3n) is 11.4. The lowest BCUT2D eigenvalue weighted by molar-refractivity contribution is 0.639. The highest BCUT2D eigenvalue weighted by molar-refractivity contribution is 6.30. The largest absolute Gasteiger partial charge is 0.334 e. The summed E-state index contributed by atoms with van der Waals surface area (Å²) in [7, 11) is 0. The molecule has 0 N–H and O–H groups in total. The number of benzene rings is 8. The van der Waals surface area contributed by atoms with Crippen LogP contribution in [0.5, 0.6) is 0 Å². The van der Waals surface area contributed by atoms with Gasteiger partial charge in [0.15, 0.2) is 0 Å². The predicted octanol–water partition coefficient (Wildman–Crippen LogP) is 12.2. The molecule has 1 fully saturated rings. The molecule has 1 aliphatic carbocycles. The fourth-order valence-corrected chi connectivity index (χ4v) is 8.82. The van der Waals surface area contributed by atoms with Crippen LogP contribution >= 0.6 is 0 Å². The van der Waals surface area contributed by atoms with Gasteiger partial charge in [0, 0.05) is 16.8 Å². The Morgan fingerprint density at radius 3 is 1.74 bits per heavy atom. The maximum atomic E-state index is 2.59. The smallest absolute Gasteiger partial charge is 0.0528 e. The number of nitrogens with zero attached hydrogens (tertiary/aromatic N) is 1. The maximum Gasteiger partial charge on any atom is 0.0528 e. The lowest BCUT2D eigenvalue weighted by Gasteiger charge is -2.29. The van der Waals surface area contributed by atoms with Crippen LogP contribution in [0.4, 0.5) is 11.4 Å². The van der Waals surface area contributed by atoms with Crippen molar-refractivity contribution in [1.29, 1.82) is 0 Å². The van der Waals surface area contributed by atoms with E-state index in [1.165, 1.54) is 89.1 Å². The van der Waals surface area contributed by atoms with Crippen molar-refractivity contribution in [3.05, 3.63) is 157 Å². The van der Waals surface area contributed by atoms with E-state index in [9.17, 15) is 0 Å². The van der Waals surface area contributed by atoms with E-state index in [2.05, 4.69) is 170 Å². The van der Waals surface area contributed by atoms with Crippen LogP contribution in [0.3, 0.4) is 0 Å². The Hall–Kier alpha value is -5.40. The number of anilines is 2. The summed E-state index contributed by atoms with van der Waals surface area (Å²) >= 11 is 0. The van der Waals surface area contributed by atoms with Crippen molar-refractivity contribution in [2.24, 2.45) is 0 Å². The van der Waals surface area contributed by atoms with Gasteiger partial charge in [0.05, 0.1) is 5.54 Å². The summed E-state index contributed by atoms with van der Waals surface area (Å²) in [6.45, 7) is 4.90. The van der Waals surface area contributed by atoms with E-state index in [4.69, 9.17) is 0 Å². The van der Waals surface area contributed by atoms with Gasteiger partial charge in [0.1, 0.15) is 0 Å². The SMILES string of the molecule is CC12CC1(C)N(c1ccccc1)c1ccc(-c3cc(-c4ccccc4)c4ccc5ccc(-c6ccccc6)c6ccc3c4c56)cc12. The number of para-hydroxylation sites is 1. The van der Waals surface area contributed by atoms with E-state index < -0.39 is 0 Å². The van der Waals surface area contributed by atoms with Crippen molar-refractivity contribution in [3.63, 3.8) is 0 Å². The summed E-state index contributed by atoms with van der Waals surface area (Å²) < 4.78 is 0. The molecule has 1 heterocycles. The molecule has 8 aromatic carbocycles. The minimum Gasteiger partial charge on any atom is -0.334 e. The van der Waals surface area contributed by atoms with Gasteiger partial charge in [-0.15, -0.1) is 0 Å². The van der Waals surface area contributed by atoms with E-state index in [0.29, 0.717) is 0 Å². The number of hydrogen-bond acceptors (Lipinski definition) is 1. The quantitative estimate of drug-likeness (QED) is 0.185. The van der Waals surface area contributed by atoms with Crippen LogP contribution in [0.25, 0.3) is 65.7 Å². The number of fused-ring (bicyclic) bond motifs is 3. The van der Waals surface area contributed by atoms with Crippen LogP contribution < -0.4 is 4.90 Å². The van der Waals surface area contributed by atoms with Gasteiger partial charge >= 0.3 is 0 Å². The summed E-state index contributed by atoms with van der Waals surface area (Å²) in [4.78, 5) is 2.59. The maximum absolute atomic E-state index is 2.59. The Labute approximate surface area is 269 Å². The standard InChI is InChI=1S/C45H33N/c1-44-28-45(44,2)46(33-16-10-5-11-17-33)41-25-20-32(26-40(41)44)39-27-38(30-14-8-4-9-15-30)36-22-19-31-18-21-34(29-12-6-3-7-13-29)35-23-24-37(39)43(36)42(31)35/h3-27H,28H2,1-2H3. The molecule has 0 amide bonds. The molecule has 0 aromatic heterocycles. The van der Waals surface area contributed by atoms with Gasteiger partial charge in [-0.3, -0.25) is 0 Å². The van der Waals surface area contributed by atoms with Crippen LogP contribution in [-0.2, 0) is 5.41 Å². The zero-order valence-corrected chi connectivity index (χ0v) is 26.1. The molecule has 0 bridgehead atoms. The number of hydrogen-bond donors (Lipinski definition) is 0. The lowest BCUT2D eigenvalue weighted by atomic mass is 9.83. The molecule has 0 radical (unpaired) electrons. The Kier molecular flexibility index (Phi) is 5.11. The molecule has 10 rings (SSSR count). The predicted molar refractivity (Wildman–Crippen MR) is 195 cm³/mol. The van der Waals surface area contributed by atoms with E-state index in [-0.39, 0.29) is 11.0 Å². The molecule has 218 valence electrons. The zero-order valence-electron chi connectivity index (χ0n) is 26.1. The van der Waals surface area contributed by atoms with Crippen molar-refractivity contribution in [2.75, 3.05) is 4.90 Å². The highest BCUT2D eigenvalue weighted by Gasteiger charge is 2.70. The van der Waals surface area contributed by atoms with Crippen LogP contribution in [0.15, 0.2) is 152 Å². The Morgan fingerprint density at radius 1 is 0.478 bits per heavy atom. The fourth-order valence-electron chi connectivity index (χ4n) is 8.82. The third kappa shape index (κ3) is 3.35. The molecule has 1 saturated carbocycles. The highest BCUT2D eigenvalue weighted by atomic mass is 15.3. The Bertz CT molecular complexity index is 2460. The topological polar surface area (TPSA) is 3.24 Å². The highest BCUT2D eigenvalue weighted by Crippen LogP contribution is 2.70. The molecule has 8 aromatic rings. The van der Waals surface area contributed by atoms with Gasteiger partial charge < -0.3 is 4.90 Å². The average Bonchev–Trinajstić information content (AvgIpc) is 3.63. The monoisotopic (exact) mass is 587 g/mol. The van der Waals surface area contributed by atoms with Crippen LogP contribution in [-0.4, -0.2) is 5.54 Å². The molecule has 0 spiro atoms. The molecular weight excluding hydrogens is 555 g/mol. The summed E-state index contributed by atoms with van der Waals surface area (Å²) in [6.07, 6.45) is 1.17. The van der Waals surface area contributed by atoms with Crippen molar-refractivity contribution < 1.29 is 0 Å². The molecule has 1 heteroatoms. The first-order valence-electron chi connectivity index (χ1n) is 16.4. The lowest BCUT2D eigenvalue weighted by Crippen LogP contribution is -2.30. The molecular formula is C45H33N. The van der Waals surface area contributed by atoms with E-state index >= 15 is 0 Å². The van der Waals surface area contributed by atoms with E-state index in [1.807, 2.05) is 0 Å². The van der Waals surface area contributed by atoms with Gasteiger partial charge in [-0.1, -0.05) is 128 Å². The third-order valence-corrected chi connectivity index (χ3v) is 11.4. The van der Waals surface area contributed by atoms with Gasteiger partial charge in [0.25, 0.3) is 0 Å². The van der Waals surface area contributed by atoms with Crippen molar-refractivity contribution in [1.82, 2.24) is 0 Å². The molecule has 2 aliphatic rings. The molecule has 46 heavy (non-hydrogen) atoms. The minimum absolute atomic E-state index is 0.0982. The first-order valence-corrected chi connectivity index (χ1v) is 16.4. The van der Waals surface area contributed by atoms with Gasteiger partial charge in [-0.05, 0) is 115 Å². The molecule has 1 aliphatic heterocycles. The summed E-state index contributed by atoms with van der Waals surface area (Å²) in [5.74, 6) is 0. The fraction of sp³-hybridized carbons (Fsp3) is 0.111. The number of rotatable bonds is 4. The summed E-state index contributed by atoms with van der Waals surface area (Å²) in [6, 6.07) is 56.4. The zero-order chi connectivity index (χ0) is 30.6. The van der Waals surface area contributed by atoms with Crippen molar-refractivity contribution in [3.8, 4) is 33.4 Å². The van der Waals surface area contributed by atoms with Crippen LogP contribution in [0.2, 0.25) is 0 Å². The first kappa shape index (κ1) is 25.9. The Balaban J connectivity index is 1.26. The van der Waals surface area contributed by atoms with E-state index in [1.54, 1.807) is 0 Å². The van der Waals surface area contributed by atoms with Gasteiger partial charge in [-0.25, -0.2) is 0 Å². The second kappa shape index (κ2) is 9.08. The van der Waals surface area contributed by atoms with Crippen LogP contribution in [0, 0.1) is 0 Å².